The fourth-order valence-corrected chi connectivity index (χ4v) is 2.50. The molecule has 144 valence electrons. The molecule has 2 N–H and O–H groups in total. The Balaban J connectivity index is 1.97. The highest BCUT2D eigenvalue weighted by atomic mass is 35.5. The molecule has 0 aliphatic rings. The molecule has 0 heterocycles. The first kappa shape index (κ1) is 20.7. The van der Waals surface area contributed by atoms with Crippen LogP contribution in [0.15, 0.2) is 36.4 Å². The molecule has 27 heavy (non-hydrogen) atoms. The largest absolute Gasteiger partial charge is 0.497 e. The third-order valence-electron chi connectivity index (χ3n) is 3.48. The lowest BCUT2D eigenvalue weighted by Crippen LogP contribution is -2.47. The molecule has 0 aliphatic heterocycles. The van der Waals surface area contributed by atoms with Gasteiger partial charge in [-0.2, -0.15) is 0 Å². The minimum absolute atomic E-state index is 0.251. The van der Waals surface area contributed by atoms with Crippen LogP contribution in [0.3, 0.4) is 0 Å². The molecule has 2 rings (SSSR count). The third kappa shape index (κ3) is 5.67. The van der Waals surface area contributed by atoms with Gasteiger partial charge in [-0.3, -0.25) is 20.4 Å². The number of carbonyl (C=O) groups is 2. The van der Waals surface area contributed by atoms with E-state index in [2.05, 4.69) is 10.9 Å². The van der Waals surface area contributed by atoms with E-state index < -0.39 is 17.9 Å². The summed E-state index contributed by atoms with van der Waals surface area (Å²) >= 11 is 11.8. The third-order valence-corrected chi connectivity index (χ3v) is 4.01. The molecule has 0 saturated heterocycles. The van der Waals surface area contributed by atoms with Crippen LogP contribution in [0.2, 0.25) is 10.0 Å². The molecule has 0 spiro atoms. The van der Waals surface area contributed by atoms with E-state index in [1.165, 1.54) is 39.3 Å². The SMILES string of the molecule is COc1cc(OC)cc(C(=O)NNC(=O)C(C)Oc2ccc(Cl)cc2Cl)c1. The molecular formula is C18H18Cl2N2O5. The summed E-state index contributed by atoms with van der Waals surface area (Å²) in [4.78, 5) is 24.4. The predicted octanol–water partition coefficient (Wildman–Crippen LogP) is 3.24. The maximum atomic E-state index is 12.2. The van der Waals surface area contributed by atoms with Crippen molar-refractivity contribution in [3.63, 3.8) is 0 Å². The van der Waals surface area contributed by atoms with Crippen molar-refractivity contribution >= 4 is 35.0 Å². The van der Waals surface area contributed by atoms with Crippen molar-refractivity contribution in [1.29, 1.82) is 0 Å². The molecule has 0 saturated carbocycles. The quantitative estimate of drug-likeness (QED) is 0.711. The Kier molecular flexibility index (Phi) is 7.15. The predicted molar refractivity (Wildman–Crippen MR) is 102 cm³/mol. The van der Waals surface area contributed by atoms with Crippen LogP contribution in [0.4, 0.5) is 0 Å². The lowest BCUT2D eigenvalue weighted by Gasteiger charge is -2.16. The van der Waals surface area contributed by atoms with Crippen LogP contribution in [0.5, 0.6) is 17.2 Å². The standard InChI is InChI=1S/C18H18Cl2N2O5/c1-10(27-16-5-4-12(19)8-15(16)20)17(23)21-22-18(24)11-6-13(25-2)9-14(7-11)26-3/h4-10H,1-3H3,(H,21,23)(H,22,24). The van der Waals surface area contributed by atoms with Gasteiger partial charge >= 0.3 is 0 Å². The minimum atomic E-state index is -0.913. The normalized spacial score (nSPS) is 11.3. The Morgan fingerprint density at radius 1 is 0.963 bits per heavy atom. The van der Waals surface area contributed by atoms with Crippen molar-refractivity contribution in [1.82, 2.24) is 10.9 Å². The summed E-state index contributed by atoms with van der Waals surface area (Å²) in [6.07, 6.45) is -0.913. The highest BCUT2D eigenvalue weighted by molar-refractivity contribution is 6.35. The second-order valence-electron chi connectivity index (χ2n) is 5.38. The molecule has 1 unspecified atom stereocenters. The Morgan fingerprint density at radius 3 is 2.15 bits per heavy atom. The maximum Gasteiger partial charge on any atom is 0.279 e. The van der Waals surface area contributed by atoms with Crippen LogP contribution < -0.4 is 25.1 Å². The minimum Gasteiger partial charge on any atom is -0.497 e. The van der Waals surface area contributed by atoms with Gasteiger partial charge in [-0.15, -0.1) is 0 Å². The number of nitrogens with one attached hydrogen (secondary N) is 2. The number of amides is 2. The molecule has 0 aliphatic carbocycles. The van der Waals surface area contributed by atoms with Crippen LogP contribution >= 0.6 is 23.2 Å². The van der Waals surface area contributed by atoms with E-state index in [1.807, 2.05) is 0 Å². The van der Waals surface area contributed by atoms with Gasteiger partial charge < -0.3 is 14.2 Å². The summed E-state index contributed by atoms with van der Waals surface area (Å²) in [7, 11) is 2.94. The van der Waals surface area contributed by atoms with Crippen molar-refractivity contribution < 1.29 is 23.8 Å². The maximum absolute atomic E-state index is 12.2. The second-order valence-corrected chi connectivity index (χ2v) is 6.22. The van der Waals surface area contributed by atoms with Crippen LogP contribution in [0.1, 0.15) is 17.3 Å². The zero-order chi connectivity index (χ0) is 20.0. The molecule has 2 aromatic carbocycles. The lowest BCUT2D eigenvalue weighted by molar-refractivity contribution is -0.128. The Labute approximate surface area is 166 Å². The molecule has 2 amide bonds. The van der Waals surface area contributed by atoms with Gasteiger partial charge in [-0.1, -0.05) is 23.2 Å². The van der Waals surface area contributed by atoms with Crippen molar-refractivity contribution in [2.45, 2.75) is 13.0 Å². The molecule has 0 fully saturated rings. The molecule has 0 bridgehead atoms. The smallest absolute Gasteiger partial charge is 0.279 e. The average molecular weight is 413 g/mol. The first-order valence-electron chi connectivity index (χ1n) is 7.79. The molecule has 9 heteroatoms. The first-order chi connectivity index (χ1) is 12.8. The van der Waals surface area contributed by atoms with Gasteiger partial charge in [0.1, 0.15) is 17.2 Å². The van der Waals surface area contributed by atoms with Crippen molar-refractivity contribution in [3.05, 3.63) is 52.0 Å². The van der Waals surface area contributed by atoms with Gasteiger partial charge in [0.25, 0.3) is 11.8 Å². The summed E-state index contributed by atoms with van der Waals surface area (Å²) in [6.45, 7) is 1.51. The van der Waals surface area contributed by atoms with Gasteiger partial charge in [-0.25, -0.2) is 0 Å². The van der Waals surface area contributed by atoms with Crippen LogP contribution in [0, 0.1) is 0 Å². The summed E-state index contributed by atoms with van der Waals surface area (Å²) in [6, 6.07) is 9.29. The van der Waals surface area contributed by atoms with Gasteiger partial charge in [0.2, 0.25) is 0 Å². The number of hydrogen-bond donors (Lipinski definition) is 2. The number of hydrazine groups is 1. The van der Waals surface area contributed by atoms with E-state index in [-0.39, 0.29) is 10.6 Å². The number of rotatable bonds is 6. The van der Waals surface area contributed by atoms with Crippen molar-refractivity contribution in [3.8, 4) is 17.2 Å². The summed E-state index contributed by atoms with van der Waals surface area (Å²) < 4.78 is 15.7. The summed E-state index contributed by atoms with van der Waals surface area (Å²) in [5, 5.41) is 0.722. The lowest BCUT2D eigenvalue weighted by atomic mass is 10.2. The Hall–Kier alpha value is -2.64. The fraction of sp³-hybridized carbons (Fsp3) is 0.222. The van der Waals surface area contributed by atoms with Gasteiger partial charge in [0, 0.05) is 16.7 Å². The molecule has 0 radical (unpaired) electrons. The van der Waals surface area contributed by atoms with E-state index in [0.717, 1.165) is 0 Å². The fourth-order valence-electron chi connectivity index (χ4n) is 2.05. The average Bonchev–Trinajstić information content (AvgIpc) is 2.67. The van der Waals surface area contributed by atoms with E-state index in [0.29, 0.717) is 22.3 Å². The topological polar surface area (TPSA) is 85.9 Å². The van der Waals surface area contributed by atoms with Crippen molar-refractivity contribution in [2.75, 3.05) is 14.2 Å². The number of halogens is 2. The van der Waals surface area contributed by atoms with E-state index in [1.54, 1.807) is 18.2 Å². The Morgan fingerprint density at radius 2 is 1.59 bits per heavy atom. The molecular weight excluding hydrogens is 395 g/mol. The van der Waals surface area contributed by atoms with E-state index in [9.17, 15) is 9.59 Å². The number of benzene rings is 2. The highest BCUT2D eigenvalue weighted by Gasteiger charge is 2.18. The molecule has 2 aromatic rings. The van der Waals surface area contributed by atoms with Crippen molar-refractivity contribution in [2.24, 2.45) is 0 Å². The number of carbonyl (C=O) groups excluding carboxylic acids is 2. The molecule has 0 aromatic heterocycles. The number of hydrogen-bond acceptors (Lipinski definition) is 5. The van der Waals surface area contributed by atoms with E-state index in [4.69, 9.17) is 37.4 Å². The molecule has 7 nitrogen and oxygen atoms in total. The molecule has 1 atom stereocenters. The van der Waals surface area contributed by atoms with Crippen LogP contribution in [-0.4, -0.2) is 32.1 Å². The van der Waals surface area contributed by atoms with Gasteiger partial charge in [0.15, 0.2) is 6.10 Å². The zero-order valence-corrected chi connectivity index (χ0v) is 16.4. The second kappa shape index (κ2) is 9.34. The highest BCUT2D eigenvalue weighted by Crippen LogP contribution is 2.28. The van der Waals surface area contributed by atoms with Crippen LogP contribution in [-0.2, 0) is 4.79 Å². The van der Waals surface area contributed by atoms with Gasteiger partial charge in [0.05, 0.1) is 19.2 Å². The summed E-state index contributed by atoms with van der Waals surface area (Å²) in [5.41, 5.74) is 4.85. The number of methoxy groups -OCH3 is 2. The monoisotopic (exact) mass is 412 g/mol. The Bertz CT molecular complexity index is 822. The summed E-state index contributed by atoms with van der Waals surface area (Å²) in [5.74, 6) is 0.0777. The van der Waals surface area contributed by atoms with Crippen LogP contribution in [0.25, 0.3) is 0 Å². The van der Waals surface area contributed by atoms with Gasteiger partial charge in [-0.05, 0) is 37.3 Å². The first-order valence-corrected chi connectivity index (χ1v) is 8.54. The number of ether oxygens (including phenoxy) is 3. The van der Waals surface area contributed by atoms with E-state index >= 15 is 0 Å². The zero-order valence-electron chi connectivity index (χ0n) is 14.8.